The molecule has 1 heterocycles. The molecule has 2 amide bonds. The van der Waals surface area contributed by atoms with Crippen molar-refractivity contribution >= 4 is 34.4 Å². The van der Waals surface area contributed by atoms with Crippen molar-refractivity contribution in [1.82, 2.24) is 5.32 Å². The Morgan fingerprint density at radius 3 is 2.59 bits per heavy atom. The highest BCUT2D eigenvalue weighted by atomic mass is 32.2. The third-order valence-corrected chi connectivity index (χ3v) is 5.50. The number of ether oxygens (including phenoxy) is 2. The summed E-state index contributed by atoms with van der Waals surface area (Å²) >= 11 is 1.28. The number of carbonyl (C=O) groups is 2. The summed E-state index contributed by atoms with van der Waals surface area (Å²) < 4.78 is 10.4. The van der Waals surface area contributed by atoms with Crippen molar-refractivity contribution in [3.63, 3.8) is 0 Å². The van der Waals surface area contributed by atoms with Crippen LogP contribution >= 0.6 is 11.8 Å². The van der Waals surface area contributed by atoms with Gasteiger partial charge in [-0.3, -0.25) is 14.6 Å². The van der Waals surface area contributed by atoms with Crippen LogP contribution in [0.4, 0.5) is 5.69 Å². The van der Waals surface area contributed by atoms with Crippen LogP contribution < -0.4 is 20.1 Å². The molecule has 1 aliphatic rings. The number of amidine groups is 1. The fourth-order valence-electron chi connectivity index (χ4n) is 2.88. The van der Waals surface area contributed by atoms with Gasteiger partial charge in [-0.15, -0.1) is 0 Å². The lowest BCUT2D eigenvalue weighted by Gasteiger charge is -2.11. The van der Waals surface area contributed by atoms with Gasteiger partial charge in [0.25, 0.3) is 0 Å². The minimum atomic E-state index is -0.517. The van der Waals surface area contributed by atoms with Gasteiger partial charge < -0.3 is 20.1 Å². The molecule has 7 nitrogen and oxygen atoms in total. The average Bonchev–Trinajstić information content (AvgIpc) is 3.06. The maximum atomic E-state index is 12.4. The van der Waals surface area contributed by atoms with Crippen LogP contribution in [0.15, 0.2) is 53.5 Å². The van der Waals surface area contributed by atoms with Gasteiger partial charge in [0.15, 0.2) is 16.7 Å². The van der Waals surface area contributed by atoms with E-state index in [-0.39, 0.29) is 24.3 Å². The zero-order valence-corrected chi connectivity index (χ0v) is 17.3. The molecule has 0 saturated carbocycles. The van der Waals surface area contributed by atoms with Crippen molar-refractivity contribution < 1.29 is 19.1 Å². The molecule has 2 aromatic rings. The van der Waals surface area contributed by atoms with Crippen LogP contribution in [0.5, 0.6) is 11.5 Å². The summed E-state index contributed by atoms with van der Waals surface area (Å²) in [4.78, 5) is 29.2. The Balaban J connectivity index is 1.60. The van der Waals surface area contributed by atoms with Crippen molar-refractivity contribution in [3.05, 3.63) is 54.1 Å². The normalized spacial score (nSPS) is 18.2. The van der Waals surface area contributed by atoms with Crippen molar-refractivity contribution in [3.8, 4) is 11.5 Å². The molecule has 2 N–H and O–H groups in total. The number of rotatable bonds is 7. The summed E-state index contributed by atoms with van der Waals surface area (Å²) in [5.41, 5.74) is 1.63. The Bertz CT molecular complexity index is 917. The van der Waals surface area contributed by atoms with E-state index in [0.717, 1.165) is 5.56 Å². The minimum absolute atomic E-state index is 0.0452. The number of carbonyl (C=O) groups excluding carboxylic acids is 2. The number of nitrogens with zero attached hydrogens (tertiary/aromatic N) is 1. The van der Waals surface area contributed by atoms with Gasteiger partial charge in [0, 0.05) is 18.2 Å². The van der Waals surface area contributed by atoms with Gasteiger partial charge >= 0.3 is 0 Å². The maximum Gasteiger partial charge on any atom is 0.240 e. The van der Waals surface area contributed by atoms with Crippen LogP contribution in [-0.2, 0) is 9.59 Å². The number of thioether (sulfide) groups is 1. The SMILES string of the molecule is COc1ccc(NC(=O)C[C@H]2SC(=N[C@@H](C)c3ccccc3)NC2=O)cc1OC. The summed E-state index contributed by atoms with van der Waals surface area (Å²) in [6.45, 7) is 1.96. The van der Waals surface area contributed by atoms with Crippen molar-refractivity contribution in [2.75, 3.05) is 19.5 Å². The quantitative estimate of drug-likeness (QED) is 0.726. The number of hydrogen-bond donors (Lipinski definition) is 2. The molecular formula is C21H23N3O4S. The van der Waals surface area contributed by atoms with E-state index in [4.69, 9.17) is 9.47 Å². The smallest absolute Gasteiger partial charge is 0.240 e. The van der Waals surface area contributed by atoms with E-state index in [1.165, 1.54) is 18.9 Å². The highest BCUT2D eigenvalue weighted by Gasteiger charge is 2.32. The van der Waals surface area contributed by atoms with Crippen LogP contribution in [0.25, 0.3) is 0 Å². The first-order valence-corrected chi connectivity index (χ1v) is 10.00. The minimum Gasteiger partial charge on any atom is -0.493 e. The Labute approximate surface area is 173 Å². The fourth-order valence-corrected chi connectivity index (χ4v) is 3.93. The Kier molecular flexibility index (Phi) is 6.77. The largest absolute Gasteiger partial charge is 0.493 e. The number of benzene rings is 2. The fraction of sp³-hybridized carbons (Fsp3) is 0.286. The standard InChI is InChI=1S/C21H23N3O4S/c1-13(14-7-5-4-6-8-14)22-21-24-20(26)18(29-21)12-19(25)23-15-9-10-16(27-2)17(11-15)28-3/h4-11,13,18H,12H2,1-3H3,(H,23,25)(H,22,24,26)/t13-,18+/m0/s1. The van der Waals surface area contributed by atoms with Crippen LogP contribution in [0.2, 0.25) is 0 Å². The molecule has 8 heteroatoms. The van der Waals surface area contributed by atoms with Crippen molar-refractivity contribution in [2.45, 2.75) is 24.6 Å². The van der Waals surface area contributed by atoms with Gasteiger partial charge in [-0.2, -0.15) is 0 Å². The van der Waals surface area contributed by atoms with Gasteiger partial charge in [-0.1, -0.05) is 42.1 Å². The summed E-state index contributed by atoms with van der Waals surface area (Å²) in [6.07, 6.45) is 0.0452. The maximum absolute atomic E-state index is 12.4. The predicted molar refractivity (Wildman–Crippen MR) is 115 cm³/mol. The molecule has 2 aromatic carbocycles. The van der Waals surface area contributed by atoms with Gasteiger partial charge in [0.2, 0.25) is 11.8 Å². The summed E-state index contributed by atoms with van der Waals surface area (Å²) in [6, 6.07) is 14.8. The monoisotopic (exact) mass is 413 g/mol. The highest BCUT2D eigenvalue weighted by molar-refractivity contribution is 8.15. The third-order valence-electron chi connectivity index (χ3n) is 4.41. The first kappa shape index (κ1) is 20.7. The van der Waals surface area contributed by atoms with E-state index in [9.17, 15) is 9.59 Å². The third kappa shape index (κ3) is 5.29. The van der Waals surface area contributed by atoms with Crippen LogP contribution in [0.1, 0.15) is 24.9 Å². The van der Waals surface area contributed by atoms with Gasteiger partial charge in [-0.25, -0.2) is 0 Å². The molecule has 0 aromatic heterocycles. The molecule has 1 aliphatic heterocycles. The van der Waals surface area contributed by atoms with Gasteiger partial charge in [0.05, 0.1) is 20.3 Å². The molecular weight excluding hydrogens is 390 g/mol. The molecule has 1 saturated heterocycles. The second-order valence-corrected chi connectivity index (χ2v) is 7.63. The number of nitrogens with one attached hydrogen (secondary N) is 2. The first-order chi connectivity index (χ1) is 14.0. The molecule has 0 spiro atoms. The van der Waals surface area contributed by atoms with E-state index in [0.29, 0.717) is 22.4 Å². The van der Waals surface area contributed by atoms with Crippen molar-refractivity contribution in [2.24, 2.45) is 4.99 Å². The van der Waals surface area contributed by atoms with Gasteiger partial charge in [-0.05, 0) is 24.6 Å². The van der Waals surface area contributed by atoms with E-state index in [1.54, 1.807) is 25.3 Å². The Hall–Kier alpha value is -3.00. The Morgan fingerprint density at radius 1 is 1.17 bits per heavy atom. The lowest BCUT2D eigenvalue weighted by Crippen LogP contribution is -2.28. The topological polar surface area (TPSA) is 89.0 Å². The van der Waals surface area contributed by atoms with Crippen LogP contribution in [0.3, 0.4) is 0 Å². The first-order valence-electron chi connectivity index (χ1n) is 9.12. The summed E-state index contributed by atoms with van der Waals surface area (Å²) in [7, 11) is 3.07. The molecule has 2 atom stereocenters. The number of methoxy groups -OCH3 is 2. The van der Waals surface area contributed by atoms with E-state index < -0.39 is 5.25 Å². The zero-order valence-electron chi connectivity index (χ0n) is 16.5. The molecule has 152 valence electrons. The Morgan fingerprint density at radius 2 is 1.90 bits per heavy atom. The van der Waals surface area contributed by atoms with Gasteiger partial charge in [0.1, 0.15) is 5.25 Å². The second kappa shape index (κ2) is 9.47. The number of amides is 2. The number of hydrogen-bond acceptors (Lipinski definition) is 6. The zero-order chi connectivity index (χ0) is 20.8. The predicted octanol–water partition coefficient (Wildman–Crippen LogP) is 3.38. The summed E-state index contributed by atoms with van der Waals surface area (Å²) in [5.74, 6) is 0.617. The van der Waals surface area contributed by atoms with E-state index in [2.05, 4.69) is 15.6 Å². The second-order valence-electron chi connectivity index (χ2n) is 6.44. The molecule has 3 rings (SSSR count). The summed E-state index contributed by atoms with van der Waals surface area (Å²) in [5, 5.41) is 5.57. The number of aliphatic imine (C=N–C) groups is 1. The molecule has 0 aliphatic carbocycles. The lowest BCUT2D eigenvalue weighted by atomic mass is 10.1. The molecule has 1 fully saturated rings. The van der Waals surface area contributed by atoms with E-state index in [1.807, 2.05) is 37.3 Å². The average molecular weight is 413 g/mol. The van der Waals surface area contributed by atoms with Crippen LogP contribution in [-0.4, -0.2) is 36.5 Å². The lowest BCUT2D eigenvalue weighted by molar-refractivity contribution is -0.122. The number of anilines is 1. The molecule has 29 heavy (non-hydrogen) atoms. The molecule has 0 bridgehead atoms. The van der Waals surface area contributed by atoms with Crippen LogP contribution in [0, 0.1) is 0 Å². The molecule has 0 unspecified atom stereocenters. The van der Waals surface area contributed by atoms with E-state index >= 15 is 0 Å². The highest BCUT2D eigenvalue weighted by Crippen LogP contribution is 2.30. The van der Waals surface area contributed by atoms with Crippen molar-refractivity contribution in [1.29, 1.82) is 0 Å². The molecule has 0 radical (unpaired) electrons.